The lowest BCUT2D eigenvalue weighted by molar-refractivity contribution is 0.425. The summed E-state index contributed by atoms with van der Waals surface area (Å²) in [7, 11) is 0. The fourth-order valence-corrected chi connectivity index (χ4v) is 2.28. The lowest BCUT2D eigenvalue weighted by Crippen LogP contribution is -1.85. The fraction of sp³-hybridized carbons (Fsp3) is 0. The van der Waals surface area contributed by atoms with E-state index in [2.05, 4.69) is 26.1 Å². The number of benzene rings is 2. The highest BCUT2D eigenvalue weighted by molar-refractivity contribution is 9.10. The van der Waals surface area contributed by atoms with E-state index < -0.39 is 11.6 Å². The third-order valence-corrected chi connectivity index (χ3v) is 3.19. The number of hydrogen-bond acceptors (Lipinski definition) is 4. The van der Waals surface area contributed by atoms with Crippen LogP contribution in [0.15, 0.2) is 45.4 Å². The molecule has 0 spiro atoms. The van der Waals surface area contributed by atoms with Gasteiger partial charge in [-0.25, -0.2) is 8.78 Å². The number of hydrogen-bond donors (Lipinski definition) is 1. The van der Waals surface area contributed by atoms with Crippen molar-refractivity contribution in [3.05, 3.63) is 52.5 Å². The molecule has 2 aromatic carbocycles. The molecule has 0 aliphatic heterocycles. The second-order valence-corrected chi connectivity index (χ2v) is 5.16. The van der Waals surface area contributed by atoms with Gasteiger partial charge in [0.25, 0.3) is 5.89 Å². The van der Waals surface area contributed by atoms with E-state index in [9.17, 15) is 13.9 Å². The minimum atomic E-state index is -0.579. The van der Waals surface area contributed by atoms with Crippen LogP contribution in [0.2, 0.25) is 0 Å². The number of phenolic OH excluding ortho intramolecular Hbond substituents is 1. The summed E-state index contributed by atoms with van der Waals surface area (Å²) >= 11 is 3.17. The van der Waals surface area contributed by atoms with Crippen LogP contribution in [0, 0.1) is 11.6 Å². The number of phenols is 1. The van der Waals surface area contributed by atoms with Crippen LogP contribution in [-0.4, -0.2) is 15.2 Å². The Bertz CT molecular complexity index is 800. The molecule has 1 N–H and O–H groups in total. The predicted octanol–water partition coefficient (Wildman–Crippen LogP) is 4.15. The van der Waals surface area contributed by atoms with Crippen molar-refractivity contribution in [3.63, 3.8) is 0 Å². The van der Waals surface area contributed by atoms with E-state index in [-0.39, 0.29) is 23.0 Å². The van der Waals surface area contributed by atoms with Crippen molar-refractivity contribution < 1.29 is 18.4 Å². The molecule has 4 nitrogen and oxygen atoms in total. The van der Waals surface area contributed by atoms with Gasteiger partial charge in [-0.2, -0.15) is 4.98 Å². The maximum absolute atomic E-state index is 13.4. The largest absolute Gasteiger partial charge is 0.507 e. The second-order valence-electron chi connectivity index (χ2n) is 4.24. The van der Waals surface area contributed by atoms with Crippen LogP contribution in [0.1, 0.15) is 0 Å². The van der Waals surface area contributed by atoms with Crippen LogP contribution >= 0.6 is 15.9 Å². The highest BCUT2D eigenvalue weighted by Gasteiger charge is 2.15. The first kappa shape index (κ1) is 13.7. The maximum atomic E-state index is 13.4. The van der Waals surface area contributed by atoms with E-state index >= 15 is 0 Å². The Labute approximate surface area is 126 Å². The van der Waals surface area contributed by atoms with Crippen LogP contribution < -0.4 is 0 Å². The third kappa shape index (κ3) is 2.78. The predicted molar refractivity (Wildman–Crippen MR) is 74.5 cm³/mol. The summed E-state index contributed by atoms with van der Waals surface area (Å²) in [6.45, 7) is 0. The van der Waals surface area contributed by atoms with Gasteiger partial charge < -0.3 is 9.63 Å². The first-order chi connectivity index (χ1) is 10.0. The van der Waals surface area contributed by atoms with Crippen molar-refractivity contribution in [3.8, 4) is 28.6 Å². The first-order valence-electron chi connectivity index (χ1n) is 5.82. The first-order valence-corrected chi connectivity index (χ1v) is 6.61. The van der Waals surface area contributed by atoms with E-state index in [0.717, 1.165) is 12.1 Å². The zero-order chi connectivity index (χ0) is 15.0. The SMILES string of the molecule is Oc1cc(F)ccc1-c1nc(-c2cc(F)cc(Br)c2)no1. The Hall–Kier alpha value is -2.28. The summed E-state index contributed by atoms with van der Waals surface area (Å²) in [6.07, 6.45) is 0. The average Bonchev–Trinajstić information content (AvgIpc) is 2.87. The van der Waals surface area contributed by atoms with E-state index in [1.807, 2.05) is 0 Å². The Morgan fingerprint density at radius 3 is 2.57 bits per heavy atom. The van der Waals surface area contributed by atoms with E-state index in [1.54, 1.807) is 6.07 Å². The normalized spacial score (nSPS) is 10.8. The van der Waals surface area contributed by atoms with Gasteiger partial charge in [0, 0.05) is 16.1 Å². The molecule has 1 aromatic heterocycles. The summed E-state index contributed by atoms with van der Waals surface area (Å²) < 4.78 is 31.9. The number of nitrogens with zero attached hydrogens (tertiary/aromatic N) is 2. The topological polar surface area (TPSA) is 59.2 Å². The van der Waals surface area contributed by atoms with Gasteiger partial charge >= 0.3 is 0 Å². The zero-order valence-electron chi connectivity index (χ0n) is 10.3. The summed E-state index contributed by atoms with van der Waals surface area (Å²) in [5.41, 5.74) is 0.615. The highest BCUT2D eigenvalue weighted by Crippen LogP contribution is 2.30. The van der Waals surface area contributed by atoms with Crippen LogP contribution in [-0.2, 0) is 0 Å². The number of aromatic hydroxyl groups is 1. The van der Waals surface area contributed by atoms with Gasteiger partial charge in [-0.3, -0.25) is 0 Å². The Kier molecular flexibility index (Phi) is 3.42. The summed E-state index contributed by atoms with van der Waals surface area (Å²) in [5.74, 6) is -1.16. The lowest BCUT2D eigenvalue weighted by atomic mass is 10.2. The van der Waals surface area contributed by atoms with Gasteiger partial charge in [0.15, 0.2) is 0 Å². The van der Waals surface area contributed by atoms with Gasteiger partial charge in [0.1, 0.15) is 17.4 Å². The zero-order valence-corrected chi connectivity index (χ0v) is 11.9. The Morgan fingerprint density at radius 2 is 1.86 bits per heavy atom. The molecule has 3 rings (SSSR count). The standard InChI is InChI=1S/C14H7BrF2N2O2/c15-8-3-7(4-10(17)5-8)13-18-14(21-19-13)11-2-1-9(16)6-12(11)20/h1-6,20H. The van der Waals surface area contributed by atoms with E-state index in [0.29, 0.717) is 10.0 Å². The molecule has 0 saturated heterocycles. The smallest absolute Gasteiger partial charge is 0.262 e. The number of halogens is 3. The van der Waals surface area contributed by atoms with Crippen molar-refractivity contribution in [1.29, 1.82) is 0 Å². The van der Waals surface area contributed by atoms with Crippen LogP contribution in [0.4, 0.5) is 8.78 Å². The van der Waals surface area contributed by atoms with Crippen molar-refractivity contribution in [2.75, 3.05) is 0 Å². The molecule has 0 bridgehead atoms. The summed E-state index contributed by atoms with van der Waals surface area (Å²) in [4.78, 5) is 4.08. The van der Waals surface area contributed by atoms with Gasteiger partial charge in [-0.15, -0.1) is 0 Å². The van der Waals surface area contributed by atoms with Crippen molar-refractivity contribution in [1.82, 2.24) is 10.1 Å². The molecule has 0 unspecified atom stereocenters. The minimum Gasteiger partial charge on any atom is -0.507 e. The number of aromatic nitrogens is 2. The molecular weight excluding hydrogens is 346 g/mol. The molecule has 0 amide bonds. The second kappa shape index (κ2) is 5.25. The quantitative estimate of drug-likeness (QED) is 0.752. The summed E-state index contributed by atoms with van der Waals surface area (Å²) in [5, 5.41) is 13.4. The maximum Gasteiger partial charge on any atom is 0.262 e. The van der Waals surface area contributed by atoms with E-state index in [4.69, 9.17) is 4.52 Å². The molecule has 0 aliphatic carbocycles. The molecule has 0 saturated carbocycles. The molecule has 3 aromatic rings. The van der Waals surface area contributed by atoms with Gasteiger partial charge in [-0.05, 0) is 30.3 Å². The van der Waals surface area contributed by atoms with Crippen molar-refractivity contribution >= 4 is 15.9 Å². The van der Waals surface area contributed by atoms with Crippen LogP contribution in [0.5, 0.6) is 5.75 Å². The molecular formula is C14H7BrF2N2O2. The molecule has 0 atom stereocenters. The average molecular weight is 353 g/mol. The Morgan fingerprint density at radius 1 is 1.05 bits per heavy atom. The van der Waals surface area contributed by atoms with Gasteiger partial charge in [0.2, 0.25) is 5.82 Å². The summed E-state index contributed by atoms with van der Waals surface area (Å²) in [6, 6.07) is 7.61. The lowest BCUT2D eigenvalue weighted by Gasteiger charge is -1.98. The van der Waals surface area contributed by atoms with Crippen LogP contribution in [0.25, 0.3) is 22.8 Å². The molecule has 106 valence electrons. The molecule has 0 aliphatic rings. The minimum absolute atomic E-state index is 0.0166. The van der Waals surface area contributed by atoms with Gasteiger partial charge in [-0.1, -0.05) is 21.1 Å². The van der Waals surface area contributed by atoms with Crippen molar-refractivity contribution in [2.45, 2.75) is 0 Å². The van der Waals surface area contributed by atoms with Gasteiger partial charge in [0.05, 0.1) is 5.56 Å². The fourth-order valence-electron chi connectivity index (χ4n) is 1.82. The van der Waals surface area contributed by atoms with Crippen molar-refractivity contribution in [2.24, 2.45) is 0 Å². The van der Waals surface area contributed by atoms with E-state index in [1.165, 1.54) is 18.2 Å². The molecule has 0 radical (unpaired) electrons. The third-order valence-electron chi connectivity index (χ3n) is 2.74. The number of rotatable bonds is 2. The molecule has 7 heteroatoms. The Balaban J connectivity index is 2.03. The highest BCUT2D eigenvalue weighted by atomic mass is 79.9. The molecule has 21 heavy (non-hydrogen) atoms. The monoisotopic (exact) mass is 352 g/mol. The molecule has 1 heterocycles. The van der Waals surface area contributed by atoms with Crippen LogP contribution in [0.3, 0.4) is 0 Å². The molecule has 0 fully saturated rings.